The molecule has 0 aromatic heterocycles. The van der Waals surface area contributed by atoms with Crippen LogP contribution in [0.25, 0.3) is 0 Å². The third-order valence-corrected chi connectivity index (χ3v) is 2.61. The van der Waals surface area contributed by atoms with Crippen LogP contribution in [-0.2, 0) is 4.74 Å². The lowest BCUT2D eigenvalue weighted by Crippen LogP contribution is -2.46. The van der Waals surface area contributed by atoms with Crippen molar-refractivity contribution < 1.29 is 4.74 Å². The van der Waals surface area contributed by atoms with Crippen molar-refractivity contribution >= 4 is 17.3 Å². The van der Waals surface area contributed by atoms with Crippen LogP contribution < -0.4 is 10.6 Å². The fourth-order valence-electron chi connectivity index (χ4n) is 1.56. The molecule has 14 heavy (non-hydrogen) atoms. The Morgan fingerprint density at radius 2 is 2.29 bits per heavy atom. The lowest BCUT2D eigenvalue weighted by Gasteiger charge is -2.24. The van der Waals surface area contributed by atoms with Crippen molar-refractivity contribution in [3.8, 4) is 0 Å². The van der Waals surface area contributed by atoms with Crippen molar-refractivity contribution in [2.24, 2.45) is 0 Å². The Bertz CT molecular complexity index is 200. The molecule has 2 N–H and O–H groups in total. The fraction of sp³-hybridized carbons (Fsp3) is 0.900. The Morgan fingerprint density at radius 1 is 1.57 bits per heavy atom. The Balaban J connectivity index is 2.22. The van der Waals surface area contributed by atoms with Crippen molar-refractivity contribution in [3.05, 3.63) is 0 Å². The minimum absolute atomic E-state index is 0.0251. The molecule has 1 aliphatic rings. The summed E-state index contributed by atoms with van der Waals surface area (Å²) in [6.07, 6.45) is 2.27. The lowest BCUT2D eigenvalue weighted by molar-refractivity contribution is 0.0244. The summed E-state index contributed by atoms with van der Waals surface area (Å²) in [4.78, 5) is 0. The van der Waals surface area contributed by atoms with Gasteiger partial charge in [0.15, 0.2) is 5.11 Å². The van der Waals surface area contributed by atoms with Crippen LogP contribution in [0.4, 0.5) is 0 Å². The highest BCUT2D eigenvalue weighted by Gasteiger charge is 2.29. The molecule has 1 atom stereocenters. The molecule has 0 bridgehead atoms. The highest BCUT2D eigenvalue weighted by molar-refractivity contribution is 7.80. The zero-order chi connectivity index (χ0) is 10.6. The number of hydrogen-bond acceptors (Lipinski definition) is 2. The predicted molar refractivity (Wildman–Crippen MR) is 62.5 cm³/mol. The fourth-order valence-corrected chi connectivity index (χ4v) is 1.86. The van der Waals surface area contributed by atoms with E-state index in [9.17, 15) is 0 Å². The van der Waals surface area contributed by atoms with Gasteiger partial charge in [0.05, 0.1) is 5.60 Å². The molecule has 4 heteroatoms. The Kier molecular flexibility index (Phi) is 4.13. The molecule has 1 saturated heterocycles. The zero-order valence-corrected chi connectivity index (χ0v) is 10.0. The van der Waals surface area contributed by atoms with Gasteiger partial charge in [0.1, 0.15) is 0 Å². The second-order valence-corrected chi connectivity index (χ2v) is 4.79. The van der Waals surface area contributed by atoms with E-state index < -0.39 is 0 Å². The third-order valence-electron chi connectivity index (χ3n) is 2.34. The topological polar surface area (TPSA) is 33.3 Å². The van der Waals surface area contributed by atoms with Crippen LogP contribution in [0.1, 0.15) is 33.6 Å². The van der Waals surface area contributed by atoms with E-state index in [-0.39, 0.29) is 5.60 Å². The van der Waals surface area contributed by atoms with Crippen LogP contribution in [0.15, 0.2) is 0 Å². The molecule has 1 aliphatic heterocycles. The van der Waals surface area contributed by atoms with Gasteiger partial charge in [-0.05, 0) is 45.8 Å². The minimum atomic E-state index is -0.0251. The van der Waals surface area contributed by atoms with Crippen LogP contribution in [-0.4, -0.2) is 29.9 Å². The van der Waals surface area contributed by atoms with Gasteiger partial charge in [-0.15, -0.1) is 0 Å². The van der Waals surface area contributed by atoms with E-state index in [1.54, 1.807) is 0 Å². The van der Waals surface area contributed by atoms with Crippen LogP contribution in [0.3, 0.4) is 0 Å². The summed E-state index contributed by atoms with van der Waals surface area (Å²) < 4.78 is 5.65. The molecule has 0 aromatic rings. The summed E-state index contributed by atoms with van der Waals surface area (Å²) in [6.45, 7) is 7.95. The third kappa shape index (κ3) is 3.80. The van der Waals surface area contributed by atoms with Crippen molar-refractivity contribution in [1.29, 1.82) is 0 Å². The van der Waals surface area contributed by atoms with E-state index in [0.29, 0.717) is 6.04 Å². The molecule has 0 amide bonds. The van der Waals surface area contributed by atoms with Crippen molar-refractivity contribution in [2.45, 2.75) is 45.3 Å². The molecule has 1 rings (SSSR count). The van der Waals surface area contributed by atoms with Gasteiger partial charge in [-0.1, -0.05) is 0 Å². The first kappa shape index (κ1) is 11.7. The first-order valence-corrected chi connectivity index (χ1v) is 5.61. The van der Waals surface area contributed by atoms with E-state index in [0.717, 1.165) is 31.1 Å². The maximum absolute atomic E-state index is 5.65. The van der Waals surface area contributed by atoms with Gasteiger partial charge in [0.2, 0.25) is 0 Å². The second-order valence-electron chi connectivity index (χ2n) is 4.38. The molecular formula is C10H20N2OS. The molecular weight excluding hydrogens is 196 g/mol. The monoisotopic (exact) mass is 216 g/mol. The first-order chi connectivity index (χ1) is 6.52. The van der Waals surface area contributed by atoms with Gasteiger partial charge < -0.3 is 15.4 Å². The number of hydrogen-bond donors (Lipinski definition) is 2. The first-order valence-electron chi connectivity index (χ1n) is 5.20. The predicted octanol–water partition coefficient (Wildman–Crippen LogP) is 1.43. The molecule has 82 valence electrons. The zero-order valence-electron chi connectivity index (χ0n) is 9.22. The highest BCUT2D eigenvalue weighted by atomic mass is 32.1. The standard InChI is InChI=1S/C10H20N2OS/c1-8(2)12-9(14)11-7-10(3)5-4-6-13-10/h8H,4-7H2,1-3H3,(H2,11,12,14). The number of thiocarbonyl (C=S) groups is 1. The molecule has 0 aromatic carbocycles. The Hall–Kier alpha value is -0.350. The minimum Gasteiger partial charge on any atom is -0.373 e. The van der Waals surface area contributed by atoms with Gasteiger partial charge in [0, 0.05) is 19.2 Å². The maximum atomic E-state index is 5.65. The summed E-state index contributed by atoms with van der Waals surface area (Å²) in [5, 5.41) is 7.06. The number of rotatable bonds is 3. The summed E-state index contributed by atoms with van der Waals surface area (Å²) in [6, 6.07) is 0.382. The molecule has 1 heterocycles. The maximum Gasteiger partial charge on any atom is 0.166 e. The molecule has 3 nitrogen and oxygen atoms in total. The van der Waals surface area contributed by atoms with Gasteiger partial charge >= 0.3 is 0 Å². The Labute approximate surface area is 91.6 Å². The van der Waals surface area contributed by atoms with E-state index in [1.807, 2.05) is 0 Å². The normalized spacial score (nSPS) is 26.6. The van der Waals surface area contributed by atoms with E-state index in [1.165, 1.54) is 0 Å². The molecule has 0 spiro atoms. The largest absolute Gasteiger partial charge is 0.373 e. The van der Waals surface area contributed by atoms with Crippen molar-refractivity contribution in [1.82, 2.24) is 10.6 Å². The van der Waals surface area contributed by atoms with Gasteiger partial charge in [-0.2, -0.15) is 0 Å². The van der Waals surface area contributed by atoms with Gasteiger partial charge in [-0.3, -0.25) is 0 Å². The molecule has 0 radical (unpaired) electrons. The smallest absolute Gasteiger partial charge is 0.166 e. The highest BCUT2D eigenvalue weighted by Crippen LogP contribution is 2.23. The quantitative estimate of drug-likeness (QED) is 0.699. The van der Waals surface area contributed by atoms with E-state index >= 15 is 0 Å². The average molecular weight is 216 g/mol. The van der Waals surface area contributed by atoms with Crippen molar-refractivity contribution in [2.75, 3.05) is 13.2 Å². The van der Waals surface area contributed by atoms with Crippen molar-refractivity contribution in [3.63, 3.8) is 0 Å². The number of ether oxygens (including phenoxy) is 1. The molecule has 0 aliphatic carbocycles. The Morgan fingerprint density at radius 3 is 2.79 bits per heavy atom. The van der Waals surface area contributed by atoms with Crippen LogP contribution in [0.2, 0.25) is 0 Å². The summed E-state index contributed by atoms with van der Waals surface area (Å²) in [5.74, 6) is 0. The molecule has 0 saturated carbocycles. The number of nitrogens with one attached hydrogen (secondary N) is 2. The van der Waals surface area contributed by atoms with Gasteiger partial charge in [0.25, 0.3) is 0 Å². The van der Waals surface area contributed by atoms with Gasteiger partial charge in [-0.25, -0.2) is 0 Å². The average Bonchev–Trinajstić information content (AvgIpc) is 2.49. The van der Waals surface area contributed by atoms with E-state index in [2.05, 4.69) is 31.4 Å². The second kappa shape index (κ2) is 4.94. The van der Waals surface area contributed by atoms with Crippen LogP contribution >= 0.6 is 12.2 Å². The van der Waals surface area contributed by atoms with Crippen LogP contribution in [0.5, 0.6) is 0 Å². The lowest BCUT2D eigenvalue weighted by atomic mass is 10.0. The SMILES string of the molecule is CC(C)NC(=S)NCC1(C)CCCO1. The molecule has 1 fully saturated rings. The molecule has 1 unspecified atom stereocenters. The summed E-state index contributed by atoms with van der Waals surface area (Å²) >= 11 is 5.14. The van der Waals surface area contributed by atoms with E-state index in [4.69, 9.17) is 17.0 Å². The summed E-state index contributed by atoms with van der Waals surface area (Å²) in [5.41, 5.74) is -0.0251. The van der Waals surface area contributed by atoms with Crippen LogP contribution in [0, 0.1) is 0 Å². The summed E-state index contributed by atoms with van der Waals surface area (Å²) in [7, 11) is 0.